The van der Waals surface area contributed by atoms with E-state index >= 15 is 0 Å². The van der Waals surface area contributed by atoms with Gasteiger partial charge in [0.25, 0.3) is 0 Å². The van der Waals surface area contributed by atoms with E-state index in [1.807, 2.05) is 54.6 Å². The summed E-state index contributed by atoms with van der Waals surface area (Å²) in [5, 5.41) is 9.16. The molecule has 3 N–H and O–H groups in total. The van der Waals surface area contributed by atoms with Gasteiger partial charge in [0.15, 0.2) is 0 Å². The van der Waals surface area contributed by atoms with Crippen LogP contribution in [0.4, 0.5) is 21.9 Å². The fraction of sp³-hybridized carbons (Fsp3) is 0.130. The Balaban J connectivity index is 1.30. The number of nitrogens with one attached hydrogen (secondary N) is 3. The zero-order chi connectivity index (χ0) is 20.2. The third-order valence-electron chi connectivity index (χ3n) is 4.87. The molecule has 3 aromatic rings. The van der Waals surface area contributed by atoms with Crippen LogP contribution in [-0.4, -0.2) is 11.9 Å². The minimum Gasteiger partial charge on any atom is -0.326 e. The number of anilines is 3. The predicted octanol–water partition coefficient (Wildman–Crippen LogP) is 5.73. The molecule has 1 saturated carbocycles. The second kappa shape index (κ2) is 8.37. The van der Waals surface area contributed by atoms with Crippen molar-refractivity contribution < 1.29 is 9.59 Å². The van der Waals surface area contributed by atoms with Crippen LogP contribution in [0.15, 0.2) is 78.9 Å². The van der Waals surface area contributed by atoms with E-state index in [4.69, 9.17) is 11.6 Å². The Morgan fingerprint density at radius 1 is 0.724 bits per heavy atom. The van der Waals surface area contributed by atoms with Crippen molar-refractivity contribution in [3.8, 4) is 0 Å². The summed E-state index contributed by atoms with van der Waals surface area (Å²) in [6, 6.07) is 23.6. The van der Waals surface area contributed by atoms with Gasteiger partial charge in [0.1, 0.15) is 0 Å². The first-order valence-electron chi connectivity index (χ1n) is 9.38. The number of benzene rings is 3. The SMILES string of the molecule is O=C(Nc1ccccc1)Nc1ccc(NC(=O)C2CC2c2ccccc2Cl)cc1. The molecule has 6 heteroatoms. The Bertz CT molecular complexity index is 1020. The molecule has 3 aromatic carbocycles. The molecule has 3 amide bonds. The van der Waals surface area contributed by atoms with E-state index in [0.717, 1.165) is 12.0 Å². The van der Waals surface area contributed by atoms with Crippen LogP contribution in [0.25, 0.3) is 0 Å². The summed E-state index contributed by atoms with van der Waals surface area (Å²) in [5.41, 5.74) is 3.07. The van der Waals surface area contributed by atoms with E-state index in [-0.39, 0.29) is 23.8 Å². The molecule has 0 aliphatic heterocycles. The lowest BCUT2D eigenvalue weighted by atomic mass is 10.1. The van der Waals surface area contributed by atoms with Crippen molar-refractivity contribution in [1.82, 2.24) is 0 Å². The number of urea groups is 1. The Labute approximate surface area is 174 Å². The van der Waals surface area contributed by atoms with Gasteiger partial charge in [-0.2, -0.15) is 0 Å². The lowest BCUT2D eigenvalue weighted by Gasteiger charge is -2.09. The highest BCUT2D eigenvalue weighted by Crippen LogP contribution is 2.50. The van der Waals surface area contributed by atoms with Gasteiger partial charge in [0, 0.05) is 28.0 Å². The fourth-order valence-electron chi connectivity index (χ4n) is 3.29. The quantitative estimate of drug-likeness (QED) is 0.507. The molecule has 0 heterocycles. The zero-order valence-electron chi connectivity index (χ0n) is 15.6. The molecule has 1 aliphatic carbocycles. The molecule has 1 aliphatic rings. The summed E-state index contributed by atoms with van der Waals surface area (Å²) in [7, 11) is 0. The number of carbonyl (C=O) groups is 2. The molecule has 146 valence electrons. The van der Waals surface area contributed by atoms with E-state index in [9.17, 15) is 9.59 Å². The van der Waals surface area contributed by atoms with E-state index in [1.165, 1.54) is 0 Å². The molecule has 2 atom stereocenters. The maximum Gasteiger partial charge on any atom is 0.323 e. The number of halogens is 1. The summed E-state index contributed by atoms with van der Waals surface area (Å²) in [6.45, 7) is 0. The molecule has 0 aromatic heterocycles. The van der Waals surface area contributed by atoms with Crippen LogP contribution in [0.2, 0.25) is 5.02 Å². The van der Waals surface area contributed by atoms with Gasteiger partial charge in [-0.05, 0) is 60.4 Å². The number of rotatable bonds is 5. The van der Waals surface area contributed by atoms with Gasteiger partial charge in [-0.1, -0.05) is 48.0 Å². The summed E-state index contributed by atoms with van der Waals surface area (Å²) in [5.74, 6) is 0.0909. The Morgan fingerprint density at radius 2 is 1.28 bits per heavy atom. The molecule has 1 fully saturated rings. The van der Waals surface area contributed by atoms with Gasteiger partial charge < -0.3 is 16.0 Å². The lowest BCUT2D eigenvalue weighted by molar-refractivity contribution is -0.117. The average molecular weight is 406 g/mol. The van der Waals surface area contributed by atoms with Crippen molar-refractivity contribution in [3.63, 3.8) is 0 Å². The first-order chi connectivity index (χ1) is 14.1. The van der Waals surface area contributed by atoms with E-state index in [2.05, 4.69) is 16.0 Å². The number of amides is 3. The van der Waals surface area contributed by atoms with Gasteiger partial charge >= 0.3 is 6.03 Å². The average Bonchev–Trinajstić information content (AvgIpc) is 3.51. The van der Waals surface area contributed by atoms with Crippen LogP contribution in [0, 0.1) is 5.92 Å². The van der Waals surface area contributed by atoms with Gasteiger partial charge in [0.2, 0.25) is 5.91 Å². The number of hydrogen-bond acceptors (Lipinski definition) is 2. The summed E-state index contributed by atoms with van der Waals surface area (Å²) in [6.07, 6.45) is 0.800. The normalized spacial score (nSPS) is 17.3. The summed E-state index contributed by atoms with van der Waals surface area (Å²) in [4.78, 5) is 24.5. The van der Waals surface area contributed by atoms with Crippen LogP contribution in [0.3, 0.4) is 0 Å². The van der Waals surface area contributed by atoms with Crippen LogP contribution >= 0.6 is 11.6 Å². The first-order valence-corrected chi connectivity index (χ1v) is 9.76. The highest BCUT2D eigenvalue weighted by molar-refractivity contribution is 6.31. The smallest absolute Gasteiger partial charge is 0.323 e. The van der Waals surface area contributed by atoms with Crippen molar-refractivity contribution in [2.24, 2.45) is 5.92 Å². The maximum absolute atomic E-state index is 12.5. The molecule has 0 bridgehead atoms. The largest absolute Gasteiger partial charge is 0.326 e. The van der Waals surface area contributed by atoms with Gasteiger partial charge in [-0.15, -0.1) is 0 Å². The fourth-order valence-corrected chi connectivity index (χ4v) is 3.57. The number of para-hydroxylation sites is 1. The van der Waals surface area contributed by atoms with Crippen molar-refractivity contribution in [2.45, 2.75) is 12.3 Å². The molecule has 29 heavy (non-hydrogen) atoms. The monoisotopic (exact) mass is 405 g/mol. The molecule has 0 radical (unpaired) electrons. The number of carbonyl (C=O) groups excluding carboxylic acids is 2. The molecular weight excluding hydrogens is 386 g/mol. The molecular formula is C23H20ClN3O2. The Morgan fingerprint density at radius 3 is 1.93 bits per heavy atom. The molecule has 2 unspecified atom stereocenters. The molecule has 0 saturated heterocycles. The molecule has 5 nitrogen and oxygen atoms in total. The highest BCUT2D eigenvalue weighted by Gasteiger charge is 2.44. The van der Waals surface area contributed by atoms with Crippen molar-refractivity contribution in [1.29, 1.82) is 0 Å². The van der Waals surface area contributed by atoms with Gasteiger partial charge in [-0.3, -0.25) is 4.79 Å². The van der Waals surface area contributed by atoms with Gasteiger partial charge in [0.05, 0.1) is 0 Å². The third-order valence-corrected chi connectivity index (χ3v) is 5.22. The van der Waals surface area contributed by atoms with Gasteiger partial charge in [-0.25, -0.2) is 4.79 Å². The van der Waals surface area contributed by atoms with Crippen molar-refractivity contribution in [3.05, 3.63) is 89.4 Å². The standard InChI is InChI=1S/C23H20ClN3O2/c24-21-9-5-4-8-18(21)19-14-20(19)22(28)25-16-10-12-17(13-11-16)27-23(29)26-15-6-2-1-3-7-15/h1-13,19-20H,14H2,(H,25,28)(H2,26,27,29). The predicted molar refractivity (Wildman–Crippen MR) is 116 cm³/mol. The molecule has 0 spiro atoms. The minimum atomic E-state index is -0.325. The van der Waals surface area contributed by atoms with E-state index in [0.29, 0.717) is 22.1 Å². The van der Waals surface area contributed by atoms with E-state index in [1.54, 1.807) is 24.3 Å². The topological polar surface area (TPSA) is 70.2 Å². The van der Waals surface area contributed by atoms with Crippen LogP contribution in [-0.2, 0) is 4.79 Å². The Kier molecular flexibility index (Phi) is 5.49. The van der Waals surface area contributed by atoms with Crippen LogP contribution in [0.5, 0.6) is 0 Å². The Hall–Kier alpha value is -3.31. The number of hydrogen-bond donors (Lipinski definition) is 3. The van der Waals surface area contributed by atoms with Crippen LogP contribution in [0.1, 0.15) is 17.9 Å². The summed E-state index contributed by atoms with van der Waals surface area (Å²) >= 11 is 6.23. The first kappa shape index (κ1) is 19.0. The zero-order valence-corrected chi connectivity index (χ0v) is 16.3. The van der Waals surface area contributed by atoms with Crippen molar-refractivity contribution >= 4 is 40.6 Å². The second-order valence-electron chi connectivity index (χ2n) is 6.98. The highest BCUT2D eigenvalue weighted by atomic mass is 35.5. The summed E-state index contributed by atoms with van der Waals surface area (Å²) < 4.78 is 0. The van der Waals surface area contributed by atoms with E-state index < -0.39 is 0 Å². The van der Waals surface area contributed by atoms with Crippen molar-refractivity contribution in [2.75, 3.05) is 16.0 Å². The van der Waals surface area contributed by atoms with Crippen LogP contribution < -0.4 is 16.0 Å². The maximum atomic E-state index is 12.5. The second-order valence-corrected chi connectivity index (χ2v) is 7.39. The minimum absolute atomic E-state index is 0.0163. The third kappa shape index (κ3) is 4.76. The lowest BCUT2D eigenvalue weighted by Crippen LogP contribution is -2.19. The molecule has 4 rings (SSSR count).